The molecule has 0 saturated carbocycles. The van der Waals surface area contributed by atoms with Crippen LogP contribution in [-0.4, -0.2) is 12.5 Å². The number of amides is 1. The molecule has 0 aliphatic rings. The number of hydrogen-bond acceptors (Lipinski definition) is 3. The molecule has 2 aromatic rings. The summed E-state index contributed by atoms with van der Waals surface area (Å²) in [7, 11) is 0. The molecular weight excluding hydrogens is 329 g/mol. The lowest BCUT2D eigenvalue weighted by Gasteiger charge is -2.09. The van der Waals surface area contributed by atoms with E-state index in [4.69, 9.17) is 0 Å². The van der Waals surface area contributed by atoms with Crippen LogP contribution in [0.3, 0.4) is 0 Å². The Morgan fingerprint density at radius 3 is 2.38 bits per heavy atom. The third kappa shape index (κ3) is 6.97. The highest BCUT2D eigenvalue weighted by Crippen LogP contribution is 2.11. The lowest BCUT2D eigenvalue weighted by atomic mass is 10.1. The van der Waals surface area contributed by atoms with Crippen LogP contribution in [0.1, 0.15) is 31.4 Å². The minimum absolute atomic E-state index is 0.0364. The second-order valence-corrected chi connectivity index (χ2v) is 6.11. The van der Waals surface area contributed by atoms with Crippen LogP contribution in [0, 0.1) is 5.82 Å². The normalized spacial score (nSPS) is 11.1. The van der Waals surface area contributed by atoms with Gasteiger partial charge >= 0.3 is 0 Å². The zero-order chi connectivity index (χ0) is 18.8. The molecule has 0 aromatic heterocycles. The number of rotatable bonds is 9. The number of allylic oxidation sites excluding steroid dienone is 2. The zero-order valence-electron chi connectivity index (χ0n) is 15.3. The standard InChI is InChI=1S/C21H26FN3O/c1-3-5-16(2)23-15-21(26)25-14-18-10-8-17(9-11-18)13-24-20-7-4-6-19(22)12-20/h4-12,23-24H,3,13-15H2,1-2H3,(H,25,26)/b16-5+. The summed E-state index contributed by atoms with van der Waals surface area (Å²) >= 11 is 0. The Kier molecular flexibility index (Phi) is 7.68. The summed E-state index contributed by atoms with van der Waals surface area (Å²) in [6.45, 7) is 5.39. The monoisotopic (exact) mass is 355 g/mol. The smallest absolute Gasteiger partial charge is 0.239 e. The van der Waals surface area contributed by atoms with Crippen LogP contribution < -0.4 is 16.0 Å². The predicted octanol–water partition coefficient (Wildman–Crippen LogP) is 3.96. The fourth-order valence-electron chi connectivity index (χ4n) is 2.44. The van der Waals surface area contributed by atoms with Crippen molar-refractivity contribution in [2.75, 3.05) is 11.9 Å². The molecule has 0 spiro atoms. The van der Waals surface area contributed by atoms with E-state index in [1.807, 2.05) is 43.3 Å². The molecular formula is C21H26FN3O. The summed E-state index contributed by atoms with van der Waals surface area (Å²) in [5.74, 6) is -0.290. The SMILES string of the molecule is CC/C=C(\C)NCC(=O)NCc1ccc(CNc2cccc(F)c2)cc1. The molecule has 5 heteroatoms. The Balaban J connectivity index is 1.75. The molecule has 1 amide bonds. The van der Waals surface area contributed by atoms with E-state index >= 15 is 0 Å². The largest absolute Gasteiger partial charge is 0.381 e. The van der Waals surface area contributed by atoms with Gasteiger partial charge < -0.3 is 16.0 Å². The van der Waals surface area contributed by atoms with Gasteiger partial charge in [-0.25, -0.2) is 4.39 Å². The summed E-state index contributed by atoms with van der Waals surface area (Å²) < 4.78 is 13.2. The van der Waals surface area contributed by atoms with Crippen molar-refractivity contribution >= 4 is 11.6 Å². The molecule has 0 aliphatic carbocycles. The van der Waals surface area contributed by atoms with Crippen molar-refractivity contribution in [1.29, 1.82) is 0 Å². The minimum Gasteiger partial charge on any atom is -0.381 e. The maximum absolute atomic E-state index is 13.2. The van der Waals surface area contributed by atoms with E-state index in [1.54, 1.807) is 6.07 Å². The number of halogens is 1. The quantitative estimate of drug-likeness (QED) is 0.638. The Labute approximate surface area is 154 Å². The molecule has 138 valence electrons. The average Bonchev–Trinajstić information content (AvgIpc) is 2.64. The lowest BCUT2D eigenvalue weighted by molar-refractivity contribution is -0.120. The highest BCUT2D eigenvalue weighted by atomic mass is 19.1. The van der Waals surface area contributed by atoms with Crippen molar-refractivity contribution in [2.45, 2.75) is 33.4 Å². The van der Waals surface area contributed by atoms with Crippen molar-refractivity contribution in [2.24, 2.45) is 0 Å². The van der Waals surface area contributed by atoms with Crippen molar-refractivity contribution < 1.29 is 9.18 Å². The summed E-state index contributed by atoms with van der Waals surface area (Å²) in [5.41, 5.74) is 3.89. The van der Waals surface area contributed by atoms with E-state index in [0.717, 1.165) is 28.9 Å². The fraction of sp³-hybridized carbons (Fsp3) is 0.286. The Morgan fingerprint density at radius 1 is 1.04 bits per heavy atom. The van der Waals surface area contributed by atoms with Gasteiger partial charge in [0.15, 0.2) is 0 Å². The molecule has 0 atom stereocenters. The van der Waals surface area contributed by atoms with Crippen LogP contribution in [0.2, 0.25) is 0 Å². The van der Waals surface area contributed by atoms with Gasteiger partial charge in [0.05, 0.1) is 6.54 Å². The first kappa shape index (κ1) is 19.5. The average molecular weight is 355 g/mol. The van der Waals surface area contributed by atoms with E-state index < -0.39 is 0 Å². The van der Waals surface area contributed by atoms with E-state index in [-0.39, 0.29) is 18.3 Å². The van der Waals surface area contributed by atoms with Crippen LogP contribution in [0.5, 0.6) is 0 Å². The molecule has 2 rings (SSSR count). The highest BCUT2D eigenvalue weighted by molar-refractivity contribution is 5.78. The van der Waals surface area contributed by atoms with E-state index in [0.29, 0.717) is 13.1 Å². The van der Waals surface area contributed by atoms with E-state index in [1.165, 1.54) is 12.1 Å². The van der Waals surface area contributed by atoms with Gasteiger partial charge in [-0.1, -0.05) is 43.3 Å². The first-order valence-corrected chi connectivity index (χ1v) is 8.81. The summed E-state index contributed by atoms with van der Waals surface area (Å²) in [6.07, 6.45) is 2.99. The first-order chi connectivity index (χ1) is 12.6. The van der Waals surface area contributed by atoms with Crippen LogP contribution in [0.15, 0.2) is 60.3 Å². The van der Waals surface area contributed by atoms with Gasteiger partial charge in [-0.3, -0.25) is 4.79 Å². The maximum Gasteiger partial charge on any atom is 0.239 e. The van der Waals surface area contributed by atoms with Crippen LogP contribution in [-0.2, 0) is 17.9 Å². The maximum atomic E-state index is 13.2. The van der Waals surface area contributed by atoms with Crippen molar-refractivity contribution in [1.82, 2.24) is 10.6 Å². The highest BCUT2D eigenvalue weighted by Gasteiger charge is 2.02. The summed E-state index contributed by atoms with van der Waals surface area (Å²) in [4.78, 5) is 11.8. The Hall–Kier alpha value is -2.82. The summed E-state index contributed by atoms with van der Waals surface area (Å²) in [6, 6.07) is 14.4. The Morgan fingerprint density at radius 2 is 1.73 bits per heavy atom. The van der Waals surface area contributed by atoms with Crippen LogP contribution >= 0.6 is 0 Å². The molecule has 0 bridgehead atoms. The van der Waals surface area contributed by atoms with Crippen LogP contribution in [0.4, 0.5) is 10.1 Å². The van der Waals surface area contributed by atoms with Gasteiger partial charge in [-0.15, -0.1) is 0 Å². The second kappa shape index (κ2) is 10.2. The third-order valence-electron chi connectivity index (χ3n) is 3.87. The Bertz CT molecular complexity index is 741. The number of hydrogen-bond donors (Lipinski definition) is 3. The van der Waals surface area contributed by atoms with Gasteiger partial charge in [-0.2, -0.15) is 0 Å². The molecule has 0 heterocycles. The number of benzene rings is 2. The molecule has 0 aliphatic heterocycles. The lowest BCUT2D eigenvalue weighted by Crippen LogP contribution is -2.32. The van der Waals surface area contributed by atoms with E-state index in [9.17, 15) is 9.18 Å². The van der Waals surface area contributed by atoms with Crippen LogP contribution in [0.25, 0.3) is 0 Å². The molecule has 0 radical (unpaired) electrons. The first-order valence-electron chi connectivity index (χ1n) is 8.81. The third-order valence-corrected chi connectivity index (χ3v) is 3.87. The molecule has 26 heavy (non-hydrogen) atoms. The summed E-state index contributed by atoms with van der Waals surface area (Å²) in [5, 5.41) is 9.16. The number of carbonyl (C=O) groups excluding carboxylic acids is 1. The van der Waals surface area contributed by atoms with Gasteiger partial charge in [0.1, 0.15) is 5.82 Å². The topological polar surface area (TPSA) is 53.2 Å². The molecule has 3 N–H and O–H groups in total. The van der Waals surface area contributed by atoms with Crippen molar-refractivity contribution in [3.05, 3.63) is 77.2 Å². The zero-order valence-corrected chi connectivity index (χ0v) is 15.3. The van der Waals surface area contributed by atoms with Gasteiger partial charge in [0.2, 0.25) is 5.91 Å². The molecule has 2 aromatic carbocycles. The second-order valence-electron chi connectivity index (χ2n) is 6.11. The van der Waals surface area contributed by atoms with Gasteiger partial charge in [0, 0.05) is 24.5 Å². The number of nitrogens with one attached hydrogen (secondary N) is 3. The van der Waals surface area contributed by atoms with Gasteiger partial charge in [-0.05, 0) is 42.7 Å². The molecule has 0 saturated heterocycles. The molecule has 4 nitrogen and oxygen atoms in total. The van der Waals surface area contributed by atoms with Gasteiger partial charge in [0.25, 0.3) is 0 Å². The molecule has 0 unspecified atom stereocenters. The fourth-order valence-corrected chi connectivity index (χ4v) is 2.44. The number of anilines is 1. The molecule has 0 fully saturated rings. The predicted molar refractivity (Wildman–Crippen MR) is 104 cm³/mol. The number of carbonyl (C=O) groups is 1. The van der Waals surface area contributed by atoms with Crippen molar-refractivity contribution in [3.63, 3.8) is 0 Å². The minimum atomic E-state index is -0.254. The van der Waals surface area contributed by atoms with E-state index in [2.05, 4.69) is 22.9 Å². The van der Waals surface area contributed by atoms with Crippen molar-refractivity contribution in [3.8, 4) is 0 Å².